The van der Waals surface area contributed by atoms with Crippen molar-refractivity contribution in [1.29, 1.82) is 0 Å². The number of aryl methyl sites for hydroxylation is 1. The Morgan fingerprint density at radius 2 is 1.74 bits per heavy atom. The van der Waals surface area contributed by atoms with Crippen LogP contribution in [0.3, 0.4) is 0 Å². The van der Waals surface area contributed by atoms with E-state index in [-0.39, 0.29) is 17.1 Å². The highest BCUT2D eigenvalue weighted by Crippen LogP contribution is 2.44. The number of Topliss-reactive ketones (excluding diaryl/α,β-unsaturated/α-hetero) is 1. The Bertz CT molecular complexity index is 1050. The molecule has 0 bridgehead atoms. The number of benzene rings is 2. The van der Waals surface area contributed by atoms with Gasteiger partial charge in [0.25, 0.3) is 0 Å². The van der Waals surface area contributed by atoms with Gasteiger partial charge in [-0.3, -0.25) is 9.59 Å². The van der Waals surface area contributed by atoms with Crippen LogP contribution >= 0.6 is 11.6 Å². The summed E-state index contributed by atoms with van der Waals surface area (Å²) in [4.78, 5) is 24.1. The van der Waals surface area contributed by atoms with E-state index in [1.165, 1.54) is 13.3 Å². The van der Waals surface area contributed by atoms with Gasteiger partial charge in [-0.1, -0.05) is 49.9 Å². The monoisotopic (exact) mass is 438 g/mol. The van der Waals surface area contributed by atoms with Crippen molar-refractivity contribution in [3.8, 4) is 11.1 Å². The molecule has 5 heteroatoms. The van der Waals surface area contributed by atoms with E-state index in [1.807, 2.05) is 43.3 Å². The Morgan fingerprint density at radius 3 is 2.35 bits per heavy atom. The number of carbonyl (C=O) groups excluding carboxylic acids is 2. The number of nitrogens with two attached hydrogens (primary N) is 1. The number of halogens is 1. The molecule has 4 nitrogen and oxygen atoms in total. The highest BCUT2D eigenvalue weighted by Gasteiger charge is 2.33. The Labute approximate surface area is 189 Å². The van der Waals surface area contributed by atoms with Crippen molar-refractivity contribution in [1.82, 2.24) is 0 Å². The lowest BCUT2D eigenvalue weighted by atomic mass is 9.71. The topological polar surface area (TPSA) is 72.2 Å². The minimum atomic E-state index is -0.163. The summed E-state index contributed by atoms with van der Waals surface area (Å²) in [7, 11) is 0. The zero-order valence-corrected chi connectivity index (χ0v) is 19.5. The van der Waals surface area contributed by atoms with Crippen molar-refractivity contribution in [2.24, 2.45) is 11.1 Å². The summed E-state index contributed by atoms with van der Waals surface area (Å²) in [5, 5.41) is 3.34. The number of carbonyl (C=O) groups is 2. The third-order valence-electron chi connectivity index (χ3n) is 6.31. The fourth-order valence-electron chi connectivity index (χ4n) is 4.57. The molecule has 0 aliphatic heterocycles. The van der Waals surface area contributed by atoms with E-state index in [9.17, 15) is 9.59 Å². The van der Waals surface area contributed by atoms with E-state index in [4.69, 9.17) is 17.3 Å². The number of hydrogen-bond donors (Lipinski definition) is 2. The Kier molecular flexibility index (Phi) is 6.90. The second kappa shape index (κ2) is 9.27. The van der Waals surface area contributed by atoms with Crippen LogP contribution in [0.25, 0.3) is 16.7 Å². The third kappa shape index (κ3) is 5.01. The first-order valence-corrected chi connectivity index (χ1v) is 11.2. The van der Waals surface area contributed by atoms with Crippen LogP contribution < -0.4 is 11.1 Å². The number of allylic oxidation sites excluding steroid dienone is 2. The van der Waals surface area contributed by atoms with Crippen LogP contribution in [-0.4, -0.2) is 11.7 Å². The standard InChI is InChI=1S/C26H31ClN2O2/c1-16-13-22(19-9-8-10-20(14-19)29-18(3)31)23(27)15-21(16)24(17(2)30)25(28)26(4)11-6-5-7-12-26/h8-10,13-15H,5-7,11-12,28H2,1-4H3,(H,29,31)/b25-24-. The van der Waals surface area contributed by atoms with Gasteiger partial charge >= 0.3 is 0 Å². The molecule has 1 fully saturated rings. The summed E-state index contributed by atoms with van der Waals surface area (Å²) < 4.78 is 0. The van der Waals surface area contributed by atoms with Crippen molar-refractivity contribution >= 4 is 34.6 Å². The number of amides is 1. The molecule has 0 saturated heterocycles. The van der Waals surface area contributed by atoms with Gasteiger partial charge in [-0.15, -0.1) is 0 Å². The smallest absolute Gasteiger partial charge is 0.221 e. The molecule has 1 amide bonds. The van der Waals surface area contributed by atoms with Crippen LogP contribution in [0.2, 0.25) is 5.02 Å². The maximum Gasteiger partial charge on any atom is 0.221 e. The van der Waals surface area contributed by atoms with Crippen molar-refractivity contribution in [3.63, 3.8) is 0 Å². The first kappa shape index (κ1) is 23.1. The van der Waals surface area contributed by atoms with Crippen LogP contribution in [-0.2, 0) is 9.59 Å². The van der Waals surface area contributed by atoms with Crippen LogP contribution in [0.1, 0.15) is 64.0 Å². The van der Waals surface area contributed by atoms with E-state index in [1.54, 1.807) is 6.92 Å². The van der Waals surface area contributed by atoms with Crippen LogP contribution in [0.5, 0.6) is 0 Å². The molecule has 1 aliphatic rings. The molecule has 3 N–H and O–H groups in total. The fraction of sp³-hybridized carbons (Fsp3) is 0.385. The molecule has 0 atom stereocenters. The molecule has 1 saturated carbocycles. The van der Waals surface area contributed by atoms with Gasteiger partial charge in [0.15, 0.2) is 5.78 Å². The molecular formula is C26H31ClN2O2. The molecule has 2 aromatic carbocycles. The molecular weight excluding hydrogens is 408 g/mol. The maximum absolute atomic E-state index is 12.7. The minimum absolute atomic E-state index is 0.0381. The van der Waals surface area contributed by atoms with Gasteiger partial charge in [0.1, 0.15) is 0 Å². The van der Waals surface area contributed by atoms with Crippen molar-refractivity contribution in [2.75, 3.05) is 5.32 Å². The lowest BCUT2D eigenvalue weighted by molar-refractivity contribution is -0.114. The van der Waals surface area contributed by atoms with Crippen LogP contribution in [0, 0.1) is 12.3 Å². The lowest BCUT2D eigenvalue weighted by Crippen LogP contribution is -2.29. The van der Waals surface area contributed by atoms with Gasteiger partial charge in [0, 0.05) is 39.9 Å². The average molecular weight is 439 g/mol. The molecule has 0 radical (unpaired) electrons. The molecule has 0 unspecified atom stereocenters. The van der Waals surface area contributed by atoms with Gasteiger partial charge in [-0.25, -0.2) is 0 Å². The first-order valence-electron chi connectivity index (χ1n) is 10.8. The fourth-order valence-corrected chi connectivity index (χ4v) is 4.84. The second-order valence-corrected chi connectivity index (χ2v) is 9.28. The maximum atomic E-state index is 12.7. The van der Waals surface area contributed by atoms with Crippen LogP contribution in [0.4, 0.5) is 5.69 Å². The number of rotatable bonds is 5. The largest absolute Gasteiger partial charge is 0.401 e. The van der Waals surface area contributed by atoms with Gasteiger partial charge in [-0.05, 0) is 67.6 Å². The van der Waals surface area contributed by atoms with E-state index in [0.717, 1.165) is 47.9 Å². The summed E-state index contributed by atoms with van der Waals surface area (Å²) in [5.74, 6) is -0.165. The summed E-state index contributed by atoms with van der Waals surface area (Å²) >= 11 is 6.71. The normalized spacial score (nSPS) is 16.4. The highest BCUT2D eigenvalue weighted by molar-refractivity contribution is 6.34. The van der Waals surface area contributed by atoms with Crippen molar-refractivity contribution < 1.29 is 9.59 Å². The third-order valence-corrected chi connectivity index (χ3v) is 6.62. The summed E-state index contributed by atoms with van der Waals surface area (Å²) in [6.45, 7) is 7.20. The van der Waals surface area contributed by atoms with Gasteiger partial charge < -0.3 is 11.1 Å². The summed E-state index contributed by atoms with van der Waals surface area (Å²) in [6.07, 6.45) is 5.47. The number of hydrogen-bond acceptors (Lipinski definition) is 3. The van der Waals surface area contributed by atoms with Crippen molar-refractivity contribution in [3.05, 3.63) is 58.2 Å². The number of ketones is 1. The Balaban J connectivity index is 2.09. The predicted molar refractivity (Wildman–Crippen MR) is 129 cm³/mol. The predicted octanol–water partition coefficient (Wildman–Crippen LogP) is 6.50. The molecule has 0 heterocycles. The average Bonchev–Trinajstić information content (AvgIpc) is 2.70. The number of nitrogens with one attached hydrogen (secondary N) is 1. The van der Waals surface area contributed by atoms with E-state index in [0.29, 0.717) is 22.0 Å². The SMILES string of the molecule is CC(=O)Nc1cccc(-c2cc(C)c(/C(C(C)=O)=C(\N)C3(C)CCCCC3)cc2Cl)c1. The minimum Gasteiger partial charge on any atom is -0.401 e. The van der Waals surface area contributed by atoms with Crippen LogP contribution in [0.15, 0.2) is 42.1 Å². The Hall–Kier alpha value is -2.59. The quantitative estimate of drug-likeness (QED) is 0.523. The van der Waals surface area contributed by atoms with Crippen molar-refractivity contribution in [2.45, 2.75) is 59.8 Å². The zero-order chi connectivity index (χ0) is 22.8. The van der Waals surface area contributed by atoms with E-state index >= 15 is 0 Å². The lowest BCUT2D eigenvalue weighted by Gasteiger charge is -2.35. The second-order valence-electron chi connectivity index (χ2n) is 8.88. The van der Waals surface area contributed by atoms with Gasteiger partial charge in [0.2, 0.25) is 5.91 Å². The molecule has 1 aliphatic carbocycles. The first-order chi connectivity index (χ1) is 14.6. The van der Waals surface area contributed by atoms with Gasteiger partial charge in [-0.2, -0.15) is 0 Å². The molecule has 2 aromatic rings. The summed E-state index contributed by atoms with van der Waals surface area (Å²) in [6, 6.07) is 11.4. The van der Waals surface area contributed by atoms with E-state index < -0.39 is 0 Å². The highest BCUT2D eigenvalue weighted by atomic mass is 35.5. The zero-order valence-electron chi connectivity index (χ0n) is 18.8. The molecule has 0 aromatic heterocycles. The molecule has 31 heavy (non-hydrogen) atoms. The summed E-state index contributed by atoms with van der Waals surface area (Å²) in [5.41, 5.74) is 12.0. The van der Waals surface area contributed by atoms with E-state index in [2.05, 4.69) is 12.2 Å². The molecule has 3 rings (SSSR count). The van der Waals surface area contributed by atoms with Gasteiger partial charge in [0.05, 0.1) is 0 Å². The molecule has 0 spiro atoms. The Morgan fingerprint density at radius 1 is 1.06 bits per heavy atom. The molecule has 164 valence electrons. The number of anilines is 1.